The third-order valence-corrected chi connectivity index (χ3v) is 4.91. The Balaban J connectivity index is 0. The standard InChI is InChI=1S/C20H40O4S.Na/c1-3-5-7-9-10-11-12-14-16-18-20(19-24-25(21,22)23)17-15-13-8-6-4-2;/h16,18,20H,3-15,17,19H2,1-2H3,(H,21,22,23);/q;+1/p-1/b18-16+;. The van der Waals surface area contributed by atoms with Crippen LogP contribution in [0.1, 0.15) is 104 Å². The normalized spacial score (nSPS) is 13.0. The molecule has 0 spiro atoms. The van der Waals surface area contributed by atoms with Gasteiger partial charge in [0.25, 0.3) is 0 Å². The van der Waals surface area contributed by atoms with E-state index >= 15 is 0 Å². The average Bonchev–Trinajstić information content (AvgIpc) is 2.56. The monoisotopic (exact) mass is 398 g/mol. The molecule has 0 aliphatic heterocycles. The number of allylic oxidation sites excluding steroid dienone is 1. The molecule has 150 valence electrons. The Hall–Kier alpha value is 0.610. The van der Waals surface area contributed by atoms with Crippen molar-refractivity contribution in [3.63, 3.8) is 0 Å². The van der Waals surface area contributed by atoms with Crippen LogP contribution in [0.15, 0.2) is 12.2 Å². The van der Waals surface area contributed by atoms with Crippen molar-refractivity contribution in [3.05, 3.63) is 12.2 Å². The van der Waals surface area contributed by atoms with Gasteiger partial charge in [0.1, 0.15) is 0 Å². The number of hydrogen-bond acceptors (Lipinski definition) is 4. The van der Waals surface area contributed by atoms with E-state index in [4.69, 9.17) is 0 Å². The molecule has 0 radical (unpaired) electrons. The van der Waals surface area contributed by atoms with Crippen LogP contribution in [-0.4, -0.2) is 19.6 Å². The van der Waals surface area contributed by atoms with E-state index in [-0.39, 0.29) is 42.1 Å². The van der Waals surface area contributed by atoms with E-state index < -0.39 is 10.4 Å². The third-order valence-electron chi connectivity index (χ3n) is 4.49. The number of unbranched alkanes of at least 4 members (excludes halogenated alkanes) is 11. The first-order chi connectivity index (χ1) is 12.0. The van der Waals surface area contributed by atoms with Gasteiger partial charge < -0.3 is 4.55 Å². The molecule has 6 heteroatoms. The zero-order chi connectivity index (χ0) is 18.8. The van der Waals surface area contributed by atoms with E-state index in [1.54, 1.807) is 0 Å². The van der Waals surface area contributed by atoms with Crippen molar-refractivity contribution < 1.29 is 46.7 Å². The molecule has 0 aromatic carbocycles. The van der Waals surface area contributed by atoms with Crippen LogP contribution in [0.2, 0.25) is 0 Å². The van der Waals surface area contributed by atoms with E-state index in [0.717, 1.165) is 25.7 Å². The summed E-state index contributed by atoms with van der Waals surface area (Å²) in [5.74, 6) is 0.0231. The molecule has 0 amide bonds. The molecule has 1 unspecified atom stereocenters. The minimum absolute atomic E-state index is 0. The van der Waals surface area contributed by atoms with Crippen LogP contribution in [0.4, 0.5) is 0 Å². The molecule has 26 heavy (non-hydrogen) atoms. The second kappa shape index (κ2) is 20.3. The largest absolute Gasteiger partial charge is 1.00 e. The fourth-order valence-corrected chi connectivity index (χ4v) is 3.27. The molecule has 0 rings (SSSR count). The Labute approximate surface area is 184 Å². The molecule has 4 nitrogen and oxygen atoms in total. The molecule has 1 atom stereocenters. The molecule has 0 saturated carbocycles. The van der Waals surface area contributed by atoms with Gasteiger partial charge in [-0.1, -0.05) is 96.6 Å². The van der Waals surface area contributed by atoms with Gasteiger partial charge in [0.05, 0.1) is 6.61 Å². The molecule has 0 aliphatic rings. The molecule has 0 aromatic rings. The Bertz CT molecular complexity index is 410. The Morgan fingerprint density at radius 1 is 0.846 bits per heavy atom. The van der Waals surface area contributed by atoms with Crippen LogP contribution in [-0.2, 0) is 14.6 Å². The topological polar surface area (TPSA) is 66.4 Å². The minimum atomic E-state index is -4.59. The van der Waals surface area contributed by atoms with Crippen molar-refractivity contribution in [2.75, 3.05) is 6.61 Å². The van der Waals surface area contributed by atoms with Crippen LogP contribution >= 0.6 is 0 Å². The summed E-state index contributed by atoms with van der Waals surface area (Å²) in [5, 5.41) is 0. The summed E-state index contributed by atoms with van der Waals surface area (Å²) in [4.78, 5) is 0. The second-order valence-electron chi connectivity index (χ2n) is 6.99. The van der Waals surface area contributed by atoms with E-state index in [1.807, 2.05) is 6.08 Å². The first kappa shape index (κ1) is 28.8. The van der Waals surface area contributed by atoms with Gasteiger partial charge in [-0.3, -0.25) is 4.18 Å². The Morgan fingerprint density at radius 2 is 1.35 bits per heavy atom. The van der Waals surface area contributed by atoms with Crippen LogP contribution in [0, 0.1) is 5.92 Å². The zero-order valence-corrected chi connectivity index (χ0v) is 20.2. The van der Waals surface area contributed by atoms with Crippen LogP contribution < -0.4 is 29.6 Å². The van der Waals surface area contributed by atoms with Crippen molar-refractivity contribution in [1.29, 1.82) is 0 Å². The van der Waals surface area contributed by atoms with E-state index in [1.165, 1.54) is 64.2 Å². The van der Waals surface area contributed by atoms with Gasteiger partial charge in [-0.05, 0) is 19.3 Å². The fourth-order valence-electron chi connectivity index (χ4n) is 2.92. The van der Waals surface area contributed by atoms with Gasteiger partial charge >= 0.3 is 29.6 Å². The van der Waals surface area contributed by atoms with Crippen molar-refractivity contribution in [2.45, 2.75) is 104 Å². The Kier molecular flexibility index (Phi) is 22.6. The fraction of sp³-hybridized carbons (Fsp3) is 0.900. The maximum absolute atomic E-state index is 10.7. The van der Waals surface area contributed by atoms with Crippen molar-refractivity contribution in [1.82, 2.24) is 0 Å². The average molecular weight is 399 g/mol. The Morgan fingerprint density at radius 3 is 1.88 bits per heavy atom. The van der Waals surface area contributed by atoms with Gasteiger partial charge in [0.15, 0.2) is 0 Å². The molecule has 0 saturated heterocycles. The van der Waals surface area contributed by atoms with Crippen LogP contribution in [0.25, 0.3) is 0 Å². The summed E-state index contributed by atoms with van der Waals surface area (Å²) >= 11 is 0. The zero-order valence-electron chi connectivity index (χ0n) is 17.4. The summed E-state index contributed by atoms with van der Waals surface area (Å²) in [7, 11) is -4.59. The minimum Gasteiger partial charge on any atom is -0.726 e. The van der Waals surface area contributed by atoms with E-state index in [9.17, 15) is 13.0 Å². The van der Waals surface area contributed by atoms with Crippen LogP contribution in [0.3, 0.4) is 0 Å². The summed E-state index contributed by atoms with van der Waals surface area (Å²) in [6.45, 7) is 4.39. The van der Waals surface area contributed by atoms with Gasteiger partial charge in [-0.2, -0.15) is 0 Å². The van der Waals surface area contributed by atoms with E-state index in [0.29, 0.717) is 0 Å². The van der Waals surface area contributed by atoms with Crippen molar-refractivity contribution >= 4 is 10.4 Å². The maximum Gasteiger partial charge on any atom is 1.00 e. The predicted molar refractivity (Wildman–Crippen MR) is 104 cm³/mol. The van der Waals surface area contributed by atoms with E-state index in [2.05, 4.69) is 24.1 Å². The van der Waals surface area contributed by atoms with Gasteiger partial charge in [0, 0.05) is 5.92 Å². The molecule has 0 fully saturated rings. The first-order valence-electron chi connectivity index (χ1n) is 10.3. The summed E-state index contributed by atoms with van der Waals surface area (Å²) in [5.41, 5.74) is 0. The summed E-state index contributed by atoms with van der Waals surface area (Å²) < 4.78 is 36.5. The molecular weight excluding hydrogens is 359 g/mol. The molecule has 0 bridgehead atoms. The number of rotatable bonds is 18. The quantitative estimate of drug-likeness (QED) is 0.117. The van der Waals surface area contributed by atoms with Gasteiger partial charge in [0.2, 0.25) is 10.4 Å². The van der Waals surface area contributed by atoms with Gasteiger partial charge in [-0.15, -0.1) is 0 Å². The third kappa shape index (κ3) is 22.7. The SMILES string of the molecule is CCCCCCCCC/C=C/C(CCCCCCC)COS(=O)(=O)[O-].[Na+]. The van der Waals surface area contributed by atoms with Gasteiger partial charge in [-0.25, -0.2) is 8.42 Å². The number of hydrogen-bond donors (Lipinski definition) is 0. The van der Waals surface area contributed by atoms with Crippen LogP contribution in [0.5, 0.6) is 0 Å². The molecule has 0 N–H and O–H groups in total. The first-order valence-corrected chi connectivity index (χ1v) is 11.6. The van der Waals surface area contributed by atoms with Crippen molar-refractivity contribution in [2.24, 2.45) is 5.92 Å². The molecular formula is C20H39NaO4S. The molecule has 0 aromatic heterocycles. The molecule has 0 aliphatic carbocycles. The smallest absolute Gasteiger partial charge is 0.726 e. The maximum atomic E-state index is 10.7. The van der Waals surface area contributed by atoms with Crippen molar-refractivity contribution in [3.8, 4) is 0 Å². The summed E-state index contributed by atoms with van der Waals surface area (Å²) in [6.07, 6.45) is 20.9. The second-order valence-corrected chi connectivity index (χ2v) is 8.05. The predicted octanol–water partition coefficient (Wildman–Crippen LogP) is 3.14. The molecule has 0 heterocycles. The summed E-state index contributed by atoms with van der Waals surface area (Å²) in [6, 6.07) is 0.